The van der Waals surface area contributed by atoms with Crippen LogP contribution >= 0.6 is 0 Å². The van der Waals surface area contributed by atoms with E-state index in [0.717, 1.165) is 5.69 Å². The van der Waals surface area contributed by atoms with Gasteiger partial charge in [0.25, 0.3) is 6.35 Å². The molecule has 6 heteroatoms. The van der Waals surface area contributed by atoms with Gasteiger partial charge in [0.15, 0.2) is 0 Å². The van der Waals surface area contributed by atoms with Crippen LogP contribution in [0.15, 0.2) is 94.9 Å². The van der Waals surface area contributed by atoms with Gasteiger partial charge in [-0.15, -0.1) is 0 Å². The quantitative estimate of drug-likeness (QED) is 0.717. The highest BCUT2D eigenvalue weighted by molar-refractivity contribution is 6.02. The second kappa shape index (κ2) is 8.48. The molecule has 29 heavy (non-hydrogen) atoms. The molecule has 0 radical (unpaired) electrons. The van der Waals surface area contributed by atoms with Crippen LogP contribution in [0.2, 0.25) is 0 Å². The fraction of sp³-hybridized carbons (Fsp3) is 0.130. The molecule has 1 aliphatic rings. The Balaban J connectivity index is 1.61. The number of aliphatic imine (C=N–C) groups is 2. The van der Waals surface area contributed by atoms with E-state index in [-0.39, 0.29) is 0 Å². The number of ether oxygens (including phenoxy) is 2. The minimum absolute atomic E-state index is 0.391. The molecule has 1 N–H and O–H groups in total. The van der Waals surface area contributed by atoms with Gasteiger partial charge in [0.05, 0.1) is 0 Å². The molecule has 6 nitrogen and oxygen atoms in total. The number of guanidine groups is 1. The number of anilines is 1. The van der Waals surface area contributed by atoms with Crippen LogP contribution < -0.4 is 14.8 Å². The molecule has 1 unspecified atom stereocenters. The first-order chi connectivity index (χ1) is 14.2. The van der Waals surface area contributed by atoms with Gasteiger partial charge in [-0.3, -0.25) is 4.90 Å². The Hall–Kier alpha value is -3.80. The van der Waals surface area contributed by atoms with Crippen molar-refractivity contribution in [2.75, 3.05) is 12.4 Å². The highest BCUT2D eigenvalue weighted by atomic mass is 16.5. The van der Waals surface area contributed by atoms with E-state index >= 15 is 0 Å². The lowest BCUT2D eigenvalue weighted by molar-refractivity contribution is 0.0882. The molecule has 4 rings (SSSR count). The Kier molecular flexibility index (Phi) is 5.42. The highest BCUT2D eigenvalue weighted by Gasteiger charge is 2.27. The molecule has 1 heterocycles. The summed E-state index contributed by atoms with van der Waals surface area (Å²) in [5, 5.41) is 3.24. The van der Waals surface area contributed by atoms with Crippen molar-refractivity contribution in [3.8, 4) is 11.5 Å². The molecular weight excluding hydrogens is 364 g/mol. The number of para-hydroxylation sites is 2. The van der Waals surface area contributed by atoms with E-state index in [0.29, 0.717) is 23.5 Å². The van der Waals surface area contributed by atoms with E-state index in [4.69, 9.17) is 9.47 Å². The molecule has 3 aromatic rings. The van der Waals surface area contributed by atoms with Crippen LogP contribution in [0.3, 0.4) is 0 Å². The lowest BCUT2D eigenvalue weighted by Crippen LogP contribution is -2.46. The van der Waals surface area contributed by atoms with Crippen LogP contribution in [0.25, 0.3) is 0 Å². The van der Waals surface area contributed by atoms with Crippen LogP contribution in [0.1, 0.15) is 5.56 Å². The fourth-order valence-corrected chi connectivity index (χ4v) is 2.73. The second-order valence-electron chi connectivity index (χ2n) is 6.62. The monoisotopic (exact) mass is 386 g/mol. The normalized spacial score (nSPS) is 15.9. The molecule has 0 aromatic heterocycles. The van der Waals surface area contributed by atoms with Crippen LogP contribution in [0, 0.1) is 6.92 Å². The van der Waals surface area contributed by atoms with Gasteiger partial charge in [0.1, 0.15) is 11.5 Å². The number of hydrogen-bond acceptors (Lipinski definition) is 6. The number of benzene rings is 3. The summed E-state index contributed by atoms with van der Waals surface area (Å²) in [5.41, 5.74) is 2.07. The number of rotatable bonds is 4. The molecule has 1 atom stereocenters. The van der Waals surface area contributed by atoms with Crippen LogP contribution in [0.5, 0.6) is 11.5 Å². The minimum Gasteiger partial charge on any atom is -0.450 e. The lowest BCUT2D eigenvalue weighted by atomic mass is 10.2. The van der Waals surface area contributed by atoms with E-state index in [2.05, 4.69) is 15.3 Å². The maximum atomic E-state index is 6.06. The molecule has 3 aromatic carbocycles. The summed E-state index contributed by atoms with van der Waals surface area (Å²) in [6.45, 7) is 2.05. The highest BCUT2D eigenvalue weighted by Crippen LogP contribution is 2.19. The first-order valence-electron chi connectivity index (χ1n) is 9.35. The number of aryl methyl sites for hydroxylation is 1. The van der Waals surface area contributed by atoms with Gasteiger partial charge in [0.2, 0.25) is 5.96 Å². The van der Waals surface area contributed by atoms with E-state index < -0.39 is 6.35 Å². The van der Waals surface area contributed by atoms with Crippen LogP contribution in [-0.2, 0) is 0 Å². The molecular formula is C23H22N4O2. The summed E-state index contributed by atoms with van der Waals surface area (Å²) in [4.78, 5) is 10.9. The third-order valence-electron chi connectivity index (χ3n) is 4.31. The van der Waals surface area contributed by atoms with Crippen molar-refractivity contribution in [1.82, 2.24) is 4.90 Å². The van der Waals surface area contributed by atoms with Gasteiger partial charge in [-0.1, -0.05) is 54.1 Å². The van der Waals surface area contributed by atoms with E-state index in [1.807, 2.05) is 98.9 Å². The largest absolute Gasteiger partial charge is 0.450 e. The zero-order valence-electron chi connectivity index (χ0n) is 16.3. The zero-order valence-corrected chi connectivity index (χ0v) is 16.3. The molecule has 0 saturated carbocycles. The molecule has 146 valence electrons. The third kappa shape index (κ3) is 4.73. The van der Waals surface area contributed by atoms with Crippen molar-refractivity contribution in [2.24, 2.45) is 9.98 Å². The first kappa shape index (κ1) is 18.6. The smallest absolute Gasteiger partial charge is 0.305 e. The molecule has 0 amide bonds. The predicted molar refractivity (Wildman–Crippen MR) is 115 cm³/mol. The van der Waals surface area contributed by atoms with E-state index in [1.165, 1.54) is 5.56 Å². The zero-order chi connectivity index (χ0) is 20.1. The average Bonchev–Trinajstić information content (AvgIpc) is 2.74. The summed E-state index contributed by atoms with van der Waals surface area (Å²) in [7, 11) is 1.83. The number of hydrogen-bond donors (Lipinski definition) is 1. The Morgan fingerprint density at radius 3 is 2.10 bits per heavy atom. The van der Waals surface area contributed by atoms with Gasteiger partial charge < -0.3 is 14.8 Å². The molecule has 0 spiro atoms. The second-order valence-corrected chi connectivity index (χ2v) is 6.62. The van der Waals surface area contributed by atoms with Crippen molar-refractivity contribution >= 4 is 17.7 Å². The Labute approximate surface area is 170 Å². The molecule has 0 aliphatic carbocycles. The first-order valence-corrected chi connectivity index (χ1v) is 9.35. The van der Waals surface area contributed by atoms with Crippen LogP contribution in [0.4, 0.5) is 5.69 Å². The Bertz CT molecular complexity index is 1000. The van der Waals surface area contributed by atoms with Crippen molar-refractivity contribution in [3.05, 3.63) is 90.5 Å². The van der Waals surface area contributed by atoms with Crippen molar-refractivity contribution < 1.29 is 9.47 Å². The van der Waals surface area contributed by atoms with Crippen LogP contribution in [-0.4, -0.2) is 30.3 Å². The van der Waals surface area contributed by atoms with Crippen molar-refractivity contribution in [1.29, 1.82) is 0 Å². The summed E-state index contributed by atoms with van der Waals surface area (Å²) >= 11 is 0. The maximum absolute atomic E-state index is 6.06. The van der Waals surface area contributed by atoms with Gasteiger partial charge in [-0.2, -0.15) is 9.98 Å². The van der Waals surface area contributed by atoms with Gasteiger partial charge in [-0.05, 0) is 43.3 Å². The van der Waals surface area contributed by atoms with Crippen molar-refractivity contribution in [2.45, 2.75) is 13.3 Å². The topological polar surface area (TPSA) is 58.5 Å². The summed E-state index contributed by atoms with van der Waals surface area (Å²) < 4.78 is 12.1. The Morgan fingerprint density at radius 2 is 1.45 bits per heavy atom. The molecule has 0 bridgehead atoms. The minimum atomic E-state index is -0.624. The summed E-state index contributed by atoms with van der Waals surface area (Å²) in [5.74, 6) is 1.82. The number of nitrogens with zero attached hydrogens (tertiary/aromatic N) is 3. The maximum Gasteiger partial charge on any atom is 0.305 e. The van der Waals surface area contributed by atoms with Crippen molar-refractivity contribution in [3.63, 3.8) is 0 Å². The summed E-state index contributed by atoms with van der Waals surface area (Å²) in [6, 6.07) is 27.5. The summed E-state index contributed by atoms with van der Waals surface area (Å²) in [6.07, 6.45) is -0.624. The molecule has 0 fully saturated rings. The third-order valence-corrected chi connectivity index (χ3v) is 4.31. The number of nitrogens with one attached hydrogen (secondary N) is 1. The van der Waals surface area contributed by atoms with Gasteiger partial charge in [0, 0.05) is 12.7 Å². The Morgan fingerprint density at radius 1 is 0.828 bits per heavy atom. The fourth-order valence-electron chi connectivity index (χ4n) is 2.73. The SMILES string of the molecule is Cc1ccc(NC2=NC(Oc3ccccc3)N(C)C(Oc3ccccc3)=N2)cc1. The molecule has 0 saturated heterocycles. The predicted octanol–water partition coefficient (Wildman–Crippen LogP) is 4.51. The molecule has 1 aliphatic heterocycles. The van der Waals surface area contributed by atoms with E-state index in [1.54, 1.807) is 4.90 Å². The van der Waals surface area contributed by atoms with Gasteiger partial charge in [-0.25, -0.2) is 0 Å². The number of amidine groups is 1. The standard InChI is InChI=1S/C23H22N4O2/c1-17-13-15-18(16-14-17)24-21-25-22(28-19-9-5-3-6-10-19)27(2)23(26-21)29-20-11-7-4-8-12-20/h3-16,22H,1-2H3,(H,24,25). The van der Waals surface area contributed by atoms with Gasteiger partial charge >= 0.3 is 6.02 Å². The lowest BCUT2D eigenvalue weighted by Gasteiger charge is -2.30. The van der Waals surface area contributed by atoms with E-state index in [9.17, 15) is 0 Å². The average molecular weight is 386 g/mol.